The van der Waals surface area contributed by atoms with Gasteiger partial charge in [-0.15, -0.1) is 0 Å². The fourth-order valence-electron chi connectivity index (χ4n) is 2.34. The summed E-state index contributed by atoms with van der Waals surface area (Å²) in [6.07, 6.45) is 13.3. The monoisotopic (exact) mass is 368 g/mol. The Bertz CT molecular complexity index is 386. The van der Waals surface area contributed by atoms with Crippen LogP contribution in [0.1, 0.15) is 91.9 Å². The molecule has 0 aliphatic rings. The van der Waals surface area contributed by atoms with Crippen molar-refractivity contribution < 1.29 is 19.1 Å². The van der Waals surface area contributed by atoms with E-state index in [1.54, 1.807) is 6.08 Å². The van der Waals surface area contributed by atoms with E-state index in [1.165, 1.54) is 6.42 Å². The van der Waals surface area contributed by atoms with Crippen molar-refractivity contribution in [2.45, 2.75) is 91.9 Å². The topological polar surface area (TPSA) is 52.6 Å². The second kappa shape index (κ2) is 17.1. The molecule has 0 aromatic rings. The van der Waals surface area contributed by atoms with Crippen LogP contribution in [-0.2, 0) is 19.1 Å². The molecule has 0 aliphatic heterocycles. The second-order valence-electron chi connectivity index (χ2n) is 7.82. The third-order valence-electron chi connectivity index (χ3n) is 4.15. The van der Waals surface area contributed by atoms with E-state index >= 15 is 0 Å². The summed E-state index contributed by atoms with van der Waals surface area (Å²) in [7, 11) is 0. The number of esters is 2. The molecule has 4 nitrogen and oxygen atoms in total. The molecule has 0 fully saturated rings. The molecule has 0 unspecified atom stereocenters. The lowest BCUT2D eigenvalue weighted by molar-refractivity contribution is -0.144. The van der Waals surface area contributed by atoms with Crippen molar-refractivity contribution in [3.63, 3.8) is 0 Å². The third-order valence-corrected chi connectivity index (χ3v) is 4.15. The van der Waals surface area contributed by atoms with Crippen molar-refractivity contribution in [2.24, 2.45) is 11.8 Å². The van der Waals surface area contributed by atoms with Crippen LogP contribution in [0.15, 0.2) is 12.2 Å². The fraction of sp³-hybridized carbons (Fsp3) is 0.818. The zero-order valence-electron chi connectivity index (χ0n) is 17.4. The maximum Gasteiger partial charge on any atom is 0.330 e. The number of hydrogen-bond acceptors (Lipinski definition) is 4. The molecule has 0 aliphatic carbocycles. The molecular formula is C22H40O4. The fourth-order valence-corrected chi connectivity index (χ4v) is 2.34. The highest BCUT2D eigenvalue weighted by Gasteiger charge is 2.03. The van der Waals surface area contributed by atoms with Gasteiger partial charge in [0.05, 0.1) is 13.2 Å². The molecular weight excluding hydrogens is 328 g/mol. The van der Waals surface area contributed by atoms with E-state index in [9.17, 15) is 9.59 Å². The molecule has 0 N–H and O–H groups in total. The molecule has 0 heterocycles. The van der Waals surface area contributed by atoms with Gasteiger partial charge in [0.25, 0.3) is 0 Å². The van der Waals surface area contributed by atoms with E-state index in [1.807, 2.05) is 6.08 Å². The van der Waals surface area contributed by atoms with Gasteiger partial charge in [0, 0.05) is 12.5 Å². The lowest BCUT2D eigenvalue weighted by atomic mass is 10.1. The molecule has 0 saturated heterocycles. The average molecular weight is 369 g/mol. The minimum Gasteiger partial charge on any atom is -0.466 e. The lowest BCUT2D eigenvalue weighted by Gasteiger charge is -2.06. The zero-order valence-corrected chi connectivity index (χ0v) is 17.4. The molecule has 0 radical (unpaired) electrons. The number of unbranched alkanes of at least 4 members (excludes halogenated alkanes) is 6. The van der Waals surface area contributed by atoms with Crippen LogP contribution in [0.5, 0.6) is 0 Å². The SMILES string of the molecule is CC(C)CCOC(=O)/C=C/CCCCCCCCC(=O)OCCC(C)C. The summed E-state index contributed by atoms with van der Waals surface area (Å²) >= 11 is 0. The predicted molar refractivity (Wildman–Crippen MR) is 107 cm³/mol. The van der Waals surface area contributed by atoms with Gasteiger partial charge in [0.2, 0.25) is 0 Å². The van der Waals surface area contributed by atoms with Crippen LogP contribution in [0, 0.1) is 11.8 Å². The first-order chi connectivity index (χ1) is 12.4. The highest BCUT2D eigenvalue weighted by Crippen LogP contribution is 2.10. The maximum atomic E-state index is 11.5. The minimum atomic E-state index is -0.231. The summed E-state index contributed by atoms with van der Waals surface area (Å²) in [5.74, 6) is 0.845. The van der Waals surface area contributed by atoms with E-state index < -0.39 is 0 Å². The van der Waals surface area contributed by atoms with Crippen LogP contribution in [-0.4, -0.2) is 25.2 Å². The molecule has 0 spiro atoms. The number of carbonyl (C=O) groups is 2. The molecule has 152 valence electrons. The quantitative estimate of drug-likeness (QED) is 0.195. The van der Waals surface area contributed by atoms with Crippen LogP contribution in [0.2, 0.25) is 0 Å². The normalized spacial score (nSPS) is 11.5. The number of hydrogen-bond donors (Lipinski definition) is 0. The third kappa shape index (κ3) is 19.0. The smallest absolute Gasteiger partial charge is 0.330 e. The Morgan fingerprint density at radius 3 is 1.92 bits per heavy atom. The highest BCUT2D eigenvalue weighted by molar-refractivity contribution is 5.81. The van der Waals surface area contributed by atoms with E-state index in [4.69, 9.17) is 9.47 Å². The van der Waals surface area contributed by atoms with E-state index in [0.717, 1.165) is 51.4 Å². The summed E-state index contributed by atoms with van der Waals surface area (Å²) in [5.41, 5.74) is 0. The number of carbonyl (C=O) groups excluding carboxylic acids is 2. The molecule has 0 aromatic heterocycles. The first-order valence-corrected chi connectivity index (χ1v) is 10.4. The van der Waals surface area contributed by atoms with Crippen LogP contribution < -0.4 is 0 Å². The summed E-state index contributed by atoms with van der Waals surface area (Å²) in [5, 5.41) is 0. The number of rotatable bonds is 16. The van der Waals surface area contributed by atoms with Crippen molar-refractivity contribution >= 4 is 11.9 Å². The standard InChI is InChI=1S/C22H40O4/c1-19(2)15-17-25-21(23)13-11-9-7-5-6-8-10-12-14-22(24)26-18-16-20(3)4/h11,13,19-20H,5-10,12,14-18H2,1-4H3/b13-11+. The summed E-state index contributed by atoms with van der Waals surface area (Å²) in [6.45, 7) is 9.54. The van der Waals surface area contributed by atoms with Gasteiger partial charge < -0.3 is 9.47 Å². The lowest BCUT2D eigenvalue weighted by Crippen LogP contribution is -2.07. The first-order valence-electron chi connectivity index (χ1n) is 10.4. The van der Waals surface area contributed by atoms with Crippen molar-refractivity contribution in [1.82, 2.24) is 0 Å². The molecule has 0 saturated carbocycles. The van der Waals surface area contributed by atoms with Crippen molar-refractivity contribution in [3.8, 4) is 0 Å². The highest BCUT2D eigenvalue weighted by atomic mass is 16.5. The van der Waals surface area contributed by atoms with Gasteiger partial charge in [-0.3, -0.25) is 4.79 Å². The Morgan fingerprint density at radius 2 is 1.31 bits per heavy atom. The van der Waals surface area contributed by atoms with Crippen molar-refractivity contribution in [1.29, 1.82) is 0 Å². The molecule has 4 heteroatoms. The van der Waals surface area contributed by atoms with Crippen molar-refractivity contribution in [3.05, 3.63) is 12.2 Å². The Balaban J connectivity index is 3.36. The van der Waals surface area contributed by atoms with Gasteiger partial charge in [-0.2, -0.15) is 0 Å². The van der Waals surface area contributed by atoms with Gasteiger partial charge in [0.15, 0.2) is 0 Å². The summed E-state index contributed by atoms with van der Waals surface area (Å²) in [4.78, 5) is 23.0. The van der Waals surface area contributed by atoms with Crippen LogP contribution in [0.3, 0.4) is 0 Å². The minimum absolute atomic E-state index is 0.0592. The van der Waals surface area contributed by atoms with Crippen LogP contribution in [0.4, 0.5) is 0 Å². The van der Waals surface area contributed by atoms with Gasteiger partial charge >= 0.3 is 11.9 Å². The van der Waals surface area contributed by atoms with Gasteiger partial charge in [0.1, 0.15) is 0 Å². The van der Waals surface area contributed by atoms with E-state index in [2.05, 4.69) is 27.7 Å². The molecule has 0 rings (SSSR count). The second-order valence-corrected chi connectivity index (χ2v) is 7.82. The summed E-state index contributed by atoms with van der Waals surface area (Å²) < 4.78 is 10.3. The Morgan fingerprint density at radius 1 is 0.769 bits per heavy atom. The molecule has 0 bridgehead atoms. The van der Waals surface area contributed by atoms with Crippen LogP contribution >= 0.6 is 0 Å². The first kappa shape index (κ1) is 24.7. The van der Waals surface area contributed by atoms with Gasteiger partial charge in [-0.25, -0.2) is 4.79 Å². The Kier molecular flexibility index (Phi) is 16.2. The Labute approximate surface area is 160 Å². The summed E-state index contributed by atoms with van der Waals surface area (Å²) in [6, 6.07) is 0. The Hall–Kier alpha value is -1.32. The van der Waals surface area contributed by atoms with Gasteiger partial charge in [-0.1, -0.05) is 59.5 Å². The maximum absolute atomic E-state index is 11.5. The average Bonchev–Trinajstić information content (AvgIpc) is 2.55. The predicted octanol–water partition coefficient (Wildman–Crippen LogP) is 5.84. The van der Waals surface area contributed by atoms with E-state index in [-0.39, 0.29) is 11.9 Å². The van der Waals surface area contributed by atoms with E-state index in [0.29, 0.717) is 31.5 Å². The molecule has 0 amide bonds. The largest absolute Gasteiger partial charge is 0.466 e. The molecule has 0 aromatic carbocycles. The van der Waals surface area contributed by atoms with Gasteiger partial charge in [-0.05, 0) is 43.9 Å². The van der Waals surface area contributed by atoms with Crippen LogP contribution in [0.25, 0.3) is 0 Å². The van der Waals surface area contributed by atoms with Crippen molar-refractivity contribution in [2.75, 3.05) is 13.2 Å². The molecule has 26 heavy (non-hydrogen) atoms. The molecule has 0 atom stereocenters. The zero-order chi connectivity index (χ0) is 19.6. The number of allylic oxidation sites excluding steroid dienone is 1. The number of ether oxygens (including phenoxy) is 2.